The lowest BCUT2D eigenvalue weighted by Gasteiger charge is -2.16. The van der Waals surface area contributed by atoms with E-state index in [9.17, 15) is 18.4 Å². The van der Waals surface area contributed by atoms with Crippen LogP contribution in [0.5, 0.6) is 0 Å². The van der Waals surface area contributed by atoms with Crippen molar-refractivity contribution in [2.24, 2.45) is 0 Å². The highest BCUT2D eigenvalue weighted by molar-refractivity contribution is 6.29. The van der Waals surface area contributed by atoms with Crippen LogP contribution >= 0.6 is 11.6 Å². The minimum absolute atomic E-state index is 0.0308. The third-order valence-corrected chi connectivity index (χ3v) is 2.98. The van der Waals surface area contributed by atoms with Gasteiger partial charge >= 0.3 is 5.97 Å². The molecule has 1 N–H and O–H groups in total. The standard InChI is InChI=1S/C14H10ClF2NO4/c1-21-14(20)12(8-6-7(16)2-3-9(8)17)18-13(19)10-4-5-11(15)22-10/h2-6,12H,1H3,(H,18,19). The third-order valence-electron chi connectivity index (χ3n) is 2.78. The number of benzene rings is 1. The molecule has 5 nitrogen and oxygen atoms in total. The Morgan fingerprint density at radius 1 is 1.27 bits per heavy atom. The predicted octanol–water partition coefficient (Wildman–Crippen LogP) is 2.86. The largest absolute Gasteiger partial charge is 0.467 e. The lowest BCUT2D eigenvalue weighted by molar-refractivity contribution is -0.143. The molecule has 2 rings (SSSR count). The summed E-state index contributed by atoms with van der Waals surface area (Å²) in [5.41, 5.74) is -0.363. The highest BCUT2D eigenvalue weighted by Gasteiger charge is 2.28. The fraction of sp³-hybridized carbons (Fsp3) is 0.143. The smallest absolute Gasteiger partial charge is 0.333 e. The Labute approximate surface area is 128 Å². The van der Waals surface area contributed by atoms with Crippen molar-refractivity contribution in [3.05, 3.63) is 58.5 Å². The molecule has 0 aliphatic heterocycles. The van der Waals surface area contributed by atoms with Crippen LogP contribution in [0.25, 0.3) is 0 Å². The first-order valence-corrected chi connectivity index (χ1v) is 6.39. The van der Waals surface area contributed by atoms with Gasteiger partial charge in [0.05, 0.1) is 7.11 Å². The van der Waals surface area contributed by atoms with Crippen LogP contribution in [0.2, 0.25) is 5.22 Å². The zero-order chi connectivity index (χ0) is 16.3. The van der Waals surface area contributed by atoms with Crippen molar-refractivity contribution in [2.45, 2.75) is 6.04 Å². The molecule has 2 aromatic rings. The van der Waals surface area contributed by atoms with Crippen molar-refractivity contribution in [1.82, 2.24) is 5.32 Å². The normalized spacial score (nSPS) is 11.8. The lowest BCUT2D eigenvalue weighted by Crippen LogP contribution is -2.35. The van der Waals surface area contributed by atoms with Crippen molar-refractivity contribution >= 4 is 23.5 Å². The maximum atomic E-state index is 13.8. The molecule has 22 heavy (non-hydrogen) atoms. The molecule has 0 aliphatic rings. The molecule has 0 aliphatic carbocycles. The molecule has 1 amide bonds. The summed E-state index contributed by atoms with van der Waals surface area (Å²) in [5.74, 6) is -3.60. The van der Waals surface area contributed by atoms with Gasteiger partial charge in [0, 0.05) is 5.56 Å². The van der Waals surface area contributed by atoms with Crippen LogP contribution in [-0.4, -0.2) is 19.0 Å². The highest BCUT2D eigenvalue weighted by Crippen LogP contribution is 2.21. The maximum Gasteiger partial charge on any atom is 0.333 e. The SMILES string of the molecule is COC(=O)C(NC(=O)c1ccc(Cl)o1)c1cc(F)ccc1F. The monoisotopic (exact) mass is 329 g/mol. The number of carbonyl (C=O) groups excluding carboxylic acids is 2. The average Bonchev–Trinajstić information content (AvgIpc) is 2.93. The topological polar surface area (TPSA) is 68.5 Å². The Bertz CT molecular complexity index is 717. The van der Waals surface area contributed by atoms with Gasteiger partial charge in [-0.2, -0.15) is 0 Å². The van der Waals surface area contributed by atoms with Gasteiger partial charge in [-0.1, -0.05) is 0 Å². The number of rotatable bonds is 4. The van der Waals surface area contributed by atoms with E-state index < -0.39 is 29.6 Å². The van der Waals surface area contributed by atoms with Crippen LogP contribution < -0.4 is 5.32 Å². The fourth-order valence-corrected chi connectivity index (χ4v) is 1.90. The highest BCUT2D eigenvalue weighted by atomic mass is 35.5. The first kappa shape index (κ1) is 16.0. The quantitative estimate of drug-likeness (QED) is 0.876. The number of hydrogen-bond acceptors (Lipinski definition) is 4. The summed E-state index contributed by atoms with van der Waals surface area (Å²) in [7, 11) is 1.06. The Balaban J connectivity index is 2.33. The van der Waals surface area contributed by atoms with Crippen molar-refractivity contribution in [3.8, 4) is 0 Å². The predicted molar refractivity (Wildman–Crippen MR) is 72.3 cm³/mol. The van der Waals surface area contributed by atoms with Crippen molar-refractivity contribution < 1.29 is 27.5 Å². The molecule has 1 unspecified atom stereocenters. The lowest BCUT2D eigenvalue weighted by atomic mass is 10.1. The number of carbonyl (C=O) groups is 2. The van der Waals surface area contributed by atoms with Crippen LogP contribution in [0.1, 0.15) is 22.2 Å². The van der Waals surface area contributed by atoms with E-state index >= 15 is 0 Å². The number of amides is 1. The molecule has 1 aromatic carbocycles. The summed E-state index contributed by atoms with van der Waals surface area (Å²) < 4.78 is 36.5. The van der Waals surface area contributed by atoms with Gasteiger partial charge in [0.15, 0.2) is 17.0 Å². The van der Waals surface area contributed by atoms with Gasteiger partial charge in [-0.05, 0) is 41.9 Å². The zero-order valence-electron chi connectivity index (χ0n) is 11.2. The molecule has 0 spiro atoms. The molecule has 0 bridgehead atoms. The van der Waals surface area contributed by atoms with Crippen LogP contribution in [-0.2, 0) is 9.53 Å². The summed E-state index contributed by atoms with van der Waals surface area (Å²) in [6, 6.07) is 3.60. The van der Waals surface area contributed by atoms with E-state index in [-0.39, 0.29) is 16.5 Å². The number of esters is 1. The summed E-state index contributed by atoms with van der Waals surface area (Å²) in [6.45, 7) is 0. The molecule has 1 atom stereocenters. The average molecular weight is 330 g/mol. The van der Waals surface area contributed by atoms with E-state index in [0.717, 1.165) is 25.3 Å². The zero-order valence-corrected chi connectivity index (χ0v) is 12.0. The Kier molecular flexibility index (Phi) is 4.77. The van der Waals surface area contributed by atoms with Gasteiger partial charge in [0.1, 0.15) is 11.6 Å². The third kappa shape index (κ3) is 3.43. The molecule has 1 heterocycles. The van der Waals surface area contributed by atoms with E-state index in [1.54, 1.807) is 0 Å². The Morgan fingerprint density at radius 2 is 2.00 bits per heavy atom. The van der Waals surface area contributed by atoms with E-state index in [1.165, 1.54) is 12.1 Å². The first-order chi connectivity index (χ1) is 10.4. The fourth-order valence-electron chi connectivity index (χ4n) is 1.76. The first-order valence-electron chi connectivity index (χ1n) is 6.01. The number of halogens is 3. The van der Waals surface area contributed by atoms with Crippen LogP contribution in [0, 0.1) is 11.6 Å². The molecular weight excluding hydrogens is 320 g/mol. The summed E-state index contributed by atoms with van der Waals surface area (Å²) >= 11 is 5.55. The minimum atomic E-state index is -1.53. The molecule has 0 radical (unpaired) electrons. The summed E-state index contributed by atoms with van der Waals surface area (Å²) in [5, 5.41) is 2.18. The second-order valence-electron chi connectivity index (χ2n) is 4.20. The van der Waals surface area contributed by atoms with Gasteiger partial charge in [-0.15, -0.1) is 0 Å². The Hall–Kier alpha value is -2.41. The van der Waals surface area contributed by atoms with Crippen LogP contribution in [0.4, 0.5) is 8.78 Å². The van der Waals surface area contributed by atoms with Gasteiger partial charge in [-0.25, -0.2) is 13.6 Å². The summed E-state index contributed by atoms with van der Waals surface area (Å²) in [4.78, 5) is 23.7. The van der Waals surface area contributed by atoms with Crippen molar-refractivity contribution in [2.75, 3.05) is 7.11 Å². The van der Waals surface area contributed by atoms with Crippen LogP contribution in [0.15, 0.2) is 34.7 Å². The van der Waals surface area contributed by atoms with E-state index in [4.69, 9.17) is 16.0 Å². The second-order valence-corrected chi connectivity index (χ2v) is 4.57. The van der Waals surface area contributed by atoms with Gasteiger partial charge in [-0.3, -0.25) is 4.79 Å². The number of furan rings is 1. The van der Waals surface area contributed by atoms with Crippen LogP contribution in [0.3, 0.4) is 0 Å². The minimum Gasteiger partial charge on any atom is -0.467 e. The molecule has 0 saturated carbocycles. The van der Waals surface area contributed by atoms with E-state index in [1.807, 2.05) is 0 Å². The molecular formula is C14H10ClF2NO4. The number of hydrogen-bond donors (Lipinski definition) is 1. The Morgan fingerprint density at radius 3 is 2.59 bits per heavy atom. The maximum absolute atomic E-state index is 13.8. The number of nitrogens with one attached hydrogen (secondary N) is 1. The molecule has 8 heteroatoms. The van der Waals surface area contributed by atoms with Gasteiger partial charge < -0.3 is 14.5 Å². The molecule has 1 aromatic heterocycles. The summed E-state index contributed by atoms with van der Waals surface area (Å²) in [6.07, 6.45) is 0. The van der Waals surface area contributed by atoms with E-state index in [2.05, 4.69) is 10.1 Å². The van der Waals surface area contributed by atoms with Crippen molar-refractivity contribution in [1.29, 1.82) is 0 Å². The number of ether oxygens (including phenoxy) is 1. The van der Waals surface area contributed by atoms with Gasteiger partial charge in [0.2, 0.25) is 0 Å². The van der Waals surface area contributed by atoms with Crippen molar-refractivity contribution in [3.63, 3.8) is 0 Å². The second kappa shape index (κ2) is 6.57. The molecule has 116 valence electrons. The molecule has 0 saturated heterocycles. The van der Waals surface area contributed by atoms with Gasteiger partial charge in [0.25, 0.3) is 5.91 Å². The number of methoxy groups -OCH3 is 1. The van der Waals surface area contributed by atoms with E-state index in [0.29, 0.717) is 0 Å². The molecule has 0 fully saturated rings.